The van der Waals surface area contributed by atoms with Gasteiger partial charge in [-0.1, -0.05) is 74.5 Å². The number of hydrogen-bond acceptors (Lipinski definition) is 7. The van der Waals surface area contributed by atoms with Crippen molar-refractivity contribution in [2.75, 3.05) is 32.7 Å². The van der Waals surface area contributed by atoms with E-state index < -0.39 is 41.9 Å². The van der Waals surface area contributed by atoms with Gasteiger partial charge in [0.25, 0.3) is 0 Å². The number of amides is 5. The number of nitrogens with zero attached hydrogens (tertiary/aromatic N) is 2. The van der Waals surface area contributed by atoms with Crippen LogP contribution in [0.25, 0.3) is 0 Å². The topological polar surface area (TPSA) is 180 Å². The number of hydrogen-bond donors (Lipinski definition) is 5. The van der Waals surface area contributed by atoms with Crippen molar-refractivity contribution in [2.24, 2.45) is 22.8 Å². The first-order chi connectivity index (χ1) is 24.4. The zero-order valence-electron chi connectivity index (χ0n) is 30.9. The van der Waals surface area contributed by atoms with Crippen molar-refractivity contribution in [1.29, 1.82) is 0 Å². The molecule has 0 saturated carbocycles. The first-order valence-electron chi connectivity index (χ1n) is 18.4. The quantitative estimate of drug-likeness (QED) is 0.155. The van der Waals surface area contributed by atoms with Crippen molar-refractivity contribution in [2.45, 2.75) is 96.3 Å². The van der Waals surface area contributed by atoms with Crippen LogP contribution in [0.1, 0.15) is 70.4 Å². The highest BCUT2D eigenvalue weighted by Gasteiger charge is 2.47. The zero-order valence-corrected chi connectivity index (χ0v) is 31.7. The molecule has 5 amide bonds. The van der Waals surface area contributed by atoms with Crippen LogP contribution in [0.5, 0.6) is 0 Å². The van der Waals surface area contributed by atoms with Gasteiger partial charge in [-0.3, -0.25) is 24.0 Å². The van der Waals surface area contributed by atoms with E-state index in [0.717, 1.165) is 37.1 Å². The van der Waals surface area contributed by atoms with Gasteiger partial charge in [0.15, 0.2) is 0 Å². The maximum Gasteiger partial charge on any atom is 0.245 e. The summed E-state index contributed by atoms with van der Waals surface area (Å²) in [7, 11) is 0. The third-order valence-electron chi connectivity index (χ3n) is 10.1. The molecule has 0 aromatic heterocycles. The smallest absolute Gasteiger partial charge is 0.245 e. The summed E-state index contributed by atoms with van der Waals surface area (Å²) >= 11 is 0. The van der Waals surface area contributed by atoms with Gasteiger partial charge in [0, 0.05) is 44.9 Å². The van der Waals surface area contributed by atoms with Crippen molar-refractivity contribution >= 4 is 41.9 Å². The Labute approximate surface area is 314 Å². The first-order valence-corrected chi connectivity index (χ1v) is 18.4. The van der Waals surface area contributed by atoms with Gasteiger partial charge >= 0.3 is 0 Å². The Hall–Kier alpha value is -4.00. The molecular formula is C39H58ClN7O5. The van der Waals surface area contributed by atoms with Crippen LogP contribution in [0.3, 0.4) is 0 Å². The molecule has 7 N–H and O–H groups in total. The van der Waals surface area contributed by atoms with Gasteiger partial charge < -0.3 is 37.2 Å². The van der Waals surface area contributed by atoms with Gasteiger partial charge in [-0.15, -0.1) is 12.4 Å². The Kier molecular flexibility index (Phi) is 16.6. The Bertz CT molecular complexity index is 1460. The number of unbranched alkanes of at least 4 members (excludes halogenated alkanes) is 1. The minimum absolute atomic E-state index is 0. The van der Waals surface area contributed by atoms with Crippen LogP contribution in [0.4, 0.5) is 0 Å². The van der Waals surface area contributed by atoms with Crippen LogP contribution in [0.15, 0.2) is 60.7 Å². The van der Waals surface area contributed by atoms with E-state index in [0.29, 0.717) is 51.7 Å². The molecule has 2 aromatic carbocycles. The maximum atomic E-state index is 14.0. The average molecular weight is 740 g/mol. The number of likely N-dealkylation sites (tertiary alicyclic amines) is 2. The number of rotatable bonds is 17. The molecule has 0 aliphatic carbocycles. The first kappa shape index (κ1) is 42.4. The minimum Gasteiger partial charge on any atom is -0.343 e. The number of benzene rings is 2. The summed E-state index contributed by atoms with van der Waals surface area (Å²) in [5.74, 6) is -1.45. The summed E-state index contributed by atoms with van der Waals surface area (Å²) < 4.78 is 0. The fourth-order valence-electron chi connectivity index (χ4n) is 7.02. The van der Waals surface area contributed by atoms with Crippen LogP contribution >= 0.6 is 12.4 Å². The standard InChI is InChI=1S/C39H57N7O5.ClH/c1-27(2)22-33(36(49)42-32(16-10-11-19-40)38(51)45-20-17-39(18-21-45)25-46(26-39)28(3)47)44-37(50)34(24-30-14-8-5-9-15-30)43-35(48)31(41)23-29-12-6-4-7-13-29;/h4-9,12-15,27,31-34H,10-11,16-26,40-41H2,1-3H3,(H,42,49)(H,43,48)(H,44,50);1H/t31-,32-,33-,34-;/m1./s1. The molecule has 2 aromatic rings. The molecule has 4 atom stereocenters. The third-order valence-corrected chi connectivity index (χ3v) is 10.1. The van der Waals surface area contributed by atoms with Gasteiger partial charge in [-0.05, 0) is 68.5 Å². The number of piperidine rings is 1. The molecule has 0 radical (unpaired) electrons. The lowest BCUT2D eigenvalue weighted by atomic mass is 9.72. The Morgan fingerprint density at radius 3 is 1.79 bits per heavy atom. The summed E-state index contributed by atoms with van der Waals surface area (Å²) in [4.78, 5) is 70.5. The van der Waals surface area contributed by atoms with E-state index in [2.05, 4.69) is 16.0 Å². The SMILES string of the molecule is CC(=O)N1CC2(CCN(C(=O)[C@@H](CCCCN)NC(=O)[C@@H](CC(C)C)NC(=O)[C@@H](Cc3ccccc3)NC(=O)[C@H](N)Cc3ccccc3)CC2)C1.Cl. The fraction of sp³-hybridized carbons (Fsp3) is 0.564. The molecule has 1 spiro atoms. The van der Waals surface area contributed by atoms with Crippen molar-refractivity contribution in [3.8, 4) is 0 Å². The average Bonchev–Trinajstić information content (AvgIpc) is 3.09. The van der Waals surface area contributed by atoms with Crippen LogP contribution < -0.4 is 27.4 Å². The van der Waals surface area contributed by atoms with Crippen LogP contribution in [-0.4, -0.2) is 96.2 Å². The Morgan fingerprint density at radius 1 is 0.731 bits per heavy atom. The molecule has 4 rings (SSSR count). The molecule has 2 aliphatic heterocycles. The molecule has 12 nitrogen and oxygen atoms in total. The van der Waals surface area contributed by atoms with Crippen LogP contribution in [0.2, 0.25) is 0 Å². The number of nitrogens with two attached hydrogens (primary N) is 2. The van der Waals surface area contributed by atoms with Crippen LogP contribution in [-0.2, 0) is 36.8 Å². The second-order valence-corrected chi connectivity index (χ2v) is 14.8. The van der Waals surface area contributed by atoms with Crippen molar-refractivity contribution in [3.05, 3.63) is 71.8 Å². The highest BCUT2D eigenvalue weighted by molar-refractivity contribution is 5.95. The number of nitrogens with one attached hydrogen (secondary N) is 3. The normalized spacial score (nSPS) is 17.2. The molecule has 52 heavy (non-hydrogen) atoms. The molecule has 0 bridgehead atoms. The molecular weight excluding hydrogens is 682 g/mol. The maximum absolute atomic E-state index is 14.0. The van der Waals surface area contributed by atoms with Crippen LogP contribution in [0, 0.1) is 11.3 Å². The van der Waals surface area contributed by atoms with E-state index in [9.17, 15) is 24.0 Å². The molecule has 2 fully saturated rings. The Morgan fingerprint density at radius 2 is 1.25 bits per heavy atom. The monoisotopic (exact) mass is 739 g/mol. The molecule has 2 saturated heterocycles. The van der Waals surface area contributed by atoms with E-state index in [4.69, 9.17) is 11.5 Å². The van der Waals surface area contributed by atoms with Crippen molar-refractivity contribution < 1.29 is 24.0 Å². The Balaban J connectivity index is 0.00000729. The predicted molar refractivity (Wildman–Crippen MR) is 204 cm³/mol. The van der Waals surface area contributed by atoms with Gasteiger partial charge in [0.1, 0.15) is 18.1 Å². The van der Waals surface area contributed by atoms with E-state index in [1.54, 1.807) is 6.92 Å². The van der Waals surface area contributed by atoms with E-state index in [1.807, 2.05) is 84.3 Å². The van der Waals surface area contributed by atoms with Gasteiger partial charge in [-0.25, -0.2) is 0 Å². The molecule has 2 heterocycles. The van der Waals surface area contributed by atoms with E-state index in [1.165, 1.54) is 0 Å². The summed E-state index contributed by atoms with van der Waals surface area (Å²) in [5, 5.41) is 8.73. The summed E-state index contributed by atoms with van der Waals surface area (Å²) in [6.45, 7) is 8.55. The highest BCUT2D eigenvalue weighted by Crippen LogP contribution is 2.40. The third kappa shape index (κ3) is 12.3. The van der Waals surface area contributed by atoms with E-state index in [-0.39, 0.29) is 42.0 Å². The van der Waals surface area contributed by atoms with Crippen molar-refractivity contribution in [1.82, 2.24) is 25.8 Å². The van der Waals surface area contributed by atoms with Gasteiger partial charge in [0.05, 0.1) is 6.04 Å². The fourth-order valence-corrected chi connectivity index (χ4v) is 7.02. The predicted octanol–water partition coefficient (Wildman–Crippen LogP) is 2.32. The van der Waals surface area contributed by atoms with Gasteiger partial charge in [0.2, 0.25) is 29.5 Å². The number of carbonyl (C=O) groups is 5. The second kappa shape index (κ2) is 20.3. The lowest BCUT2D eigenvalue weighted by Gasteiger charge is -2.54. The zero-order chi connectivity index (χ0) is 37.0. The minimum atomic E-state index is -0.989. The summed E-state index contributed by atoms with van der Waals surface area (Å²) in [6.07, 6.45) is 4.25. The highest BCUT2D eigenvalue weighted by atomic mass is 35.5. The second-order valence-electron chi connectivity index (χ2n) is 14.8. The molecule has 0 unspecified atom stereocenters. The van der Waals surface area contributed by atoms with E-state index >= 15 is 0 Å². The number of halogens is 1. The largest absolute Gasteiger partial charge is 0.343 e. The lowest BCUT2D eigenvalue weighted by Crippen LogP contribution is -2.63. The lowest BCUT2D eigenvalue weighted by molar-refractivity contribution is -0.149. The summed E-state index contributed by atoms with van der Waals surface area (Å²) in [6, 6.07) is 15.2. The van der Waals surface area contributed by atoms with Gasteiger partial charge in [-0.2, -0.15) is 0 Å². The molecule has 13 heteroatoms. The summed E-state index contributed by atoms with van der Waals surface area (Å²) in [5.41, 5.74) is 13.8. The number of carbonyl (C=O) groups excluding carboxylic acids is 5. The molecule has 2 aliphatic rings. The van der Waals surface area contributed by atoms with Crippen molar-refractivity contribution in [3.63, 3.8) is 0 Å². The molecule has 286 valence electrons.